The zero-order chi connectivity index (χ0) is 85.2. The van der Waals surface area contributed by atoms with Crippen molar-refractivity contribution in [1.82, 2.24) is 16.0 Å². The molecule has 6 aliphatic rings. The zero-order valence-corrected chi connectivity index (χ0v) is 64.9. The van der Waals surface area contributed by atoms with Gasteiger partial charge in [-0.25, -0.2) is 43.7 Å². The maximum Gasteiger partial charge on any atom is 0.335 e. The number of carboxylic acid groups (broad SMARTS) is 3. The van der Waals surface area contributed by atoms with Gasteiger partial charge in [0, 0.05) is 62.0 Å². The number of nitrogens with one attached hydrogen (secondary N) is 3. The Morgan fingerprint density at radius 2 is 0.819 bits per heavy atom. The summed E-state index contributed by atoms with van der Waals surface area (Å²) >= 11 is 5.68. The van der Waals surface area contributed by atoms with Gasteiger partial charge in [0.2, 0.25) is 30.3 Å². The first kappa shape index (κ1) is 95.8. The van der Waals surface area contributed by atoms with Gasteiger partial charge in [-0.2, -0.15) is 0 Å². The monoisotopic (exact) mass is 1710 g/mol. The number of carbonyl (C=O) groups excluding carboxylic acids is 9. The van der Waals surface area contributed by atoms with E-state index >= 15 is 0 Å². The first-order valence-corrected chi connectivity index (χ1v) is 37.8. The number of amides is 3. The number of benzene rings is 1. The lowest BCUT2D eigenvalue weighted by molar-refractivity contribution is -0.461. The topological polar surface area (TPSA) is 637 Å². The molecule has 0 bridgehead atoms. The number of aliphatic hydroxyl groups is 7. The number of rotatable bonds is 42. The Morgan fingerprint density at radius 1 is 0.457 bits per heavy atom. The second-order valence-corrected chi connectivity index (χ2v) is 28.5. The van der Waals surface area contributed by atoms with Crippen LogP contribution in [-0.2, 0) is 158 Å². The van der Waals surface area contributed by atoms with Gasteiger partial charge >= 0.3 is 53.7 Å². The van der Waals surface area contributed by atoms with Gasteiger partial charge < -0.3 is 138 Å². The molecular formula is C68H97N3O43S2. The number of aliphatic hydroxyl groups excluding tert-OH is 7. The molecule has 7 rings (SSSR count). The minimum atomic E-state index is -2.47. The smallest absolute Gasteiger partial charge is 0.335 e. The summed E-state index contributed by atoms with van der Waals surface area (Å²) in [5, 5.41) is 117. The van der Waals surface area contributed by atoms with Gasteiger partial charge in [0.15, 0.2) is 37.2 Å². The number of ether oxygens (including phenoxy) is 15. The highest BCUT2D eigenvalue weighted by Gasteiger charge is 2.57. The molecule has 46 nitrogen and oxygen atoms in total. The fraction of sp³-hybridized carbons (Fsp3) is 0.735. The van der Waals surface area contributed by atoms with Gasteiger partial charge in [0.1, 0.15) is 131 Å². The van der Waals surface area contributed by atoms with Crippen molar-refractivity contribution < 1.29 is 209 Å². The minimum Gasteiger partial charge on any atom is -0.479 e. The molecule has 0 spiro atoms. The number of hydrogen-bond donors (Lipinski definition) is 14. The third-order valence-corrected chi connectivity index (χ3v) is 19.3. The Bertz CT molecular complexity index is 3440. The van der Waals surface area contributed by atoms with Crippen LogP contribution in [0.1, 0.15) is 92.4 Å². The Hall–Kier alpha value is -7.32. The molecule has 48 heteroatoms. The zero-order valence-electron chi connectivity index (χ0n) is 63.2. The number of carbonyl (C=O) groups is 12. The van der Waals surface area contributed by atoms with E-state index in [1.54, 1.807) is 12.1 Å². The first-order chi connectivity index (χ1) is 55.1. The van der Waals surface area contributed by atoms with Crippen molar-refractivity contribution in [1.29, 1.82) is 0 Å². The Labute approximate surface area is 669 Å². The molecular weight excluding hydrogens is 1610 g/mol. The summed E-state index contributed by atoms with van der Waals surface area (Å²) in [6.45, 7) is 1.97. The van der Waals surface area contributed by atoms with Crippen molar-refractivity contribution in [2.45, 2.75) is 268 Å². The highest BCUT2D eigenvalue weighted by atomic mass is 32.2. The van der Waals surface area contributed by atoms with Crippen molar-refractivity contribution in [3.05, 3.63) is 24.3 Å². The molecule has 14 unspecified atom stereocenters. The highest BCUT2D eigenvalue weighted by molar-refractivity contribution is 7.99. The highest BCUT2D eigenvalue weighted by Crippen LogP contribution is 2.37. The standard InChI is InChI=1S/C68H97N3O43S2/c1-7-43(76)95-16-17-96-44(77)11-13-46(79)100-27-42-39(112-113-67-53(86)51(84)56(59(108-67)62(90)91)106-64-34(69-29(3)73)22-37(110-94-6)40(25-72)102-64)24-36(71-31(5)75)66(104-42)107-57-52(85)54(87)68(109-60(57)63(92)93)114-111-38-23-35(70-30(4)74)65(105-55-50(83)49(82)28(2)101-58(55)61(88)89)103-41(38)26-99-47(80)14-12-45(78)97-18-19-98-48(81)15-20-116-33-10-8-9-32(115)21-33/h8-10,21,28,34-42,49-60,64-68,72,82-87,115H,7,11-20,22-27H2,1-6H3,(H,69,73)(H,70,74)(H,71,75)(H,88,89)(H,90,91)(H,92,93)/t28?,34-,35?,36-,37-,38-,39-,40?,41-,42-,49?,50?,51?,52?,53?,54?,55+,56+,57+,58?,59?,60?,64-,65-,66-,67?,68?/m0/s1. The lowest BCUT2D eigenvalue weighted by Crippen LogP contribution is -2.65. The summed E-state index contributed by atoms with van der Waals surface area (Å²) in [6.07, 6.45) is -50.8. The van der Waals surface area contributed by atoms with Crippen LogP contribution >= 0.6 is 24.4 Å². The molecule has 1 aromatic carbocycles. The molecule has 6 saturated heterocycles. The number of esters is 6. The van der Waals surface area contributed by atoms with Gasteiger partial charge in [-0.3, -0.25) is 43.2 Å². The van der Waals surface area contributed by atoms with Crippen LogP contribution in [0.2, 0.25) is 0 Å². The predicted octanol–water partition coefficient (Wildman–Crippen LogP) is -5.07. The average Bonchev–Trinajstić information content (AvgIpc) is 0.789. The van der Waals surface area contributed by atoms with E-state index in [2.05, 4.69) is 28.6 Å². The lowest BCUT2D eigenvalue weighted by Gasteiger charge is -2.46. The van der Waals surface area contributed by atoms with Crippen LogP contribution in [-0.4, -0.2) is 347 Å². The second-order valence-electron chi connectivity index (χ2n) is 26.8. The van der Waals surface area contributed by atoms with E-state index in [1.807, 2.05) is 12.1 Å². The molecule has 27 atom stereocenters. The third-order valence-electron chi connectivity index (χ3n) is 18.0. The number of carboxylic acids is 3. The van der Waals surface area contributed by atoms with E-state index in [0.717, 1.165) is 37.7 Å². The van der Waals surface area contributed by atoms with Crippen LogP contribution in [0.5, 0.6) is 0 Å². The van der Waals surface area contributed by atoms with Gasteiger partial charge in [-0.1, -0.05) is 13.0 Å². The molecule has 6 fully saturated rings. The number of hydrogen-bond acceptors (Lipinski definition) is 42. The van der Waals surface area contributed by atoms with Gasteiger partial charge in [0.05, 0.1) is 70.1 Å². The number of aliphatic carboxylic acids is 3. The number of thioether (sulfide) groups is 1. The van der Waals surface area contributed by atoms with Crippen molar-refractivity contribution in [3.63, 3.8) is 0 Å². The van der Waals surface area contributed by atoms with E-state index in [-0.39, 0.29) is 45.7 Å². The molecule has 0 aromatic heterocycles. The average molecular weight is 1710 g/mol. The minimum absolute atomic E-state index is 0.0248. The molecule has 116 heavy (non-hydrogen) atoms. The van der Waals surface area contributed by atoms with Crippen molar-refractivity contribution in [2.24, 2.45) is 0 Å². The largest absolute Gasteiger partial charge is 0.479 e. The SMILES string of the molecule is CCC(=O)OCCOC(=O)CCC(=O)OC[C@@H]1O[C@@H](O[C@H]2C(C(=O)O)OC(OO[C@H]3CC(NC(C)=O)[C@H](O[C@H]4C(C(=O)O)OC(C)C(O)C4O)O[C@H]3COC(=O)CCC(=O)OCCOC(=O)CCSc3cccc(S)c3)C(O)C2O)[C@@H](NC(C)=O)C[C@@H]1OOC1OC(C(=O)O)[C@H](O[C@@H]2OC(CO)[C@@H](OOC)C[C@@H]2NC(C)=O)C(O)C1O. The molecule has 654 valence electrons. The molecule has 1 aromatic rings. The Balaban J connectivity index is 1.06. The van der Waals surface area contributed by atoms with Crippen LogP contribution < -0.4 is 16.0 Å². The summed E-state index contributed by atoms with van der Waals surface area (Å²) in [5.41, 5.74) is 0. The third kappa shape index (κ3) is 28.7. The van der Waals surface area contributed by atoms with Crippen molar-refractivity contribution >= 4 is 95.8 Å². The van der Waals surface area contributed by atoms with Gasteiger partial charge in [-0.05, 0) is 25.1 Å². The van der Waals surface area contributed by atoms with Crippen molar-refractivity contribution in [3.8, 4) is 0 Å². The van der Waals surface area contributed by atoms with Crippen molar-refractivity contribution in [2.75, 3.05) is 59.1 Å². The van der Waals surface area contributed by atoms with Crippen LogP contribution in [0.15, 0.2) is 34.1 Å². The molecule has 0 saturated carbocycles. The van der Waals surface area contributed by atoms with E-state index in [0.29, 0.717) is 5.75 Å². The van der Waals surface area contributed by atoms with Crippen LogP contribution in [0, 0.1) is 0 Å². The Morgan fingerprint density at radius 3 is 1.19 bits per heavy atom. The van der Waals surface area contributed by atoms with Crippen LogP contribution in [0.3, 0.4) is 0 Å². The van der Waals surface area contributed by atoms with Crippen LogP contribution in [0.25, 0.3) is 0 Å². The van der Waals surface area contributed by atoms with E-state index in [1.165, 1.54) is 25.6 Å². The summed E-state index contributed by atoms with van der Waals surface area (Å²) in [5.74, 6) is -12.7. The first-order valence-electron chi connectivity index (χ1n) is 36.4. The fourth-order valence-electron chi connectivity index (χ4n) is 12.3. The fourth-order valence-corrected chi connectivity index (χ4v) is 13.5. The summed E-state index contributed by atoms with van der Waals surface area (Å²) in [7, 11) is 1.16. The molecule has 6 aliphatic heterocycles. The Kier molecular flexibility index (Phi) is 38.7. The predicted molar refractivity (Wildman–Crippen MR) is 372 cm³/mol. The normalized spacial score (nSPS) is 33.2. The van der Waals surface area contributed by atoms with Gasteiger partial charge in [-0.15, -0.1) is 24.4 Å². The molecule has 0 aliphatic carbocycles. The van der Waals surface area contributed by atoms with E-state index in [9.17, 15) is 109 Å². The summed E-state index contributed by atoms with van der Waals surface area (Å²) in [4.78, 5) is 186. The molecule has 13 N–H and O–H groups in total. The number of thiol groups is 1. The quantitative estimate of drug-likeness (QED) is 0.00554. The molecule has 0 radical (unpaired) electrons. The molecule has 3 amide bonds. The maximum absolute atomic E-state index is 13.3. The van der Waals surface area contributed by atoms with Gasteiger partial charge in [0.25, 0.3) is 0 Å². The summed E-state index contributed by atoms with van der Waals surface area (Å²) in [6, 6.07) is 3.00. The second kappa shape index (κ2) is 46.9. The molecule has 6 heterocycles. The van der Waals surface area contributed by atoms with Crippen LogP contribution in [0.4, 0.5) is 0 Å². The van der Waals surface area contributed by atoms with E-state index in [4.69, 9.17) is 100 Å². The van der Waals surface area contributed by atoms with E-state index < -0.39 is 295 Å². The maximum atomic E-state index is 13.3. The lowest BCUT2D eigenvalue weighted by atomic mass is 9.94. The summed E-state index contributed by atoms with van der Waals surface area (Å²) < 4.78 is 83.4.